The first-order chi connectivity index (χ1) is 9.65. The maximum Gasteiger partial charge on any atom is 0.0737 e. The van der Waals surface area contributed by atoms with Gasteiger partial charge in [-0.2, -0.15) is 0 Å². The van der Waals surface area contributed by atoms with Crippen LogP contribution in [0.25, 0.3) is 10.9 Å². The lowest BCUT2D eigenvalue weighted by atomic mass is 9.91. The molecule has 0 bridgehead atoms. The fourth-order valence-electron chi connectivity index (χ4n) is 3.04. The third-order valence-electron chi connectivity index (χ3n) is 4.22. The Morgan fingerprint density at radius 1 is 1.40 bits per heavy atom. The topological polar surface area (TPSA) is 42.1 Å². The molecule has 0 amide bonds. The zero-order valence-corrected chi connectivity index (χ0v) is 12.5. The molecule has 0 aliphatic carbocycles. The van der Waals surface area contributed by atoms with Crippen molar-refractivity contribution in [2.75, 3.05) is 18.0 Å². The van der Waals surface area contributed by atoms with Gasteiger partial charge in [0.05, 0.1) is 5.52 Å². The smallest absolute Gasteiger partial charge is 0.0737 e. The van der Waals surface area contributed by atoms with E-state index in [1.54, 1.807) is 0 Å². The molecule has 1 aromatic heterocycles. The number of aromatic nitrogens is 1. The quantitative estimate of drug-likeness (QED) is 0.921. The molecule has 1 aliphatic heterocycles. The molecule has 1 aliphatic rings. The second kappa shape index (κ2) is 5.58. The molecule has 2 N–H and O–H groups in total. The zero-order valence-electron chi connectivity index (χ0n) is 11.7. The summed E-state index contributed by atoms with van der Waals surface area (Å²) in [5.74, 6) is 0.569. The van der Waals surface area contributed by atoms with Gasteiger partial charge >= 0.3 is 0 Å². The van der Waals surface area contributed by atoms with Crippen molar-refractivity contribution < 1.29 is 0 Å². The summed E-state index contributed by atoms with van der Waals surface area (Å²) >= 11 is 6.05. The number of hydrogen-bond acceptors (Lipinski definition) is 3. The Labute approximate surface area is 124 Å². The predicted molar refractivity (Wildman–Crippen MR) is 85.3 cm³/mol. The second-order valence-electron chi connectivity index (χ2n) is 5.70. The van der Waals surface area contributed by atoms with Crippen LogP contribution in [0.5, 0.6) is 0 Å². The summed E-state index contributed by atoms with van der Waals surface area (Å²) in [6.45, 7) is 4.23. The van der Waals surface area contributed by atoms with E-state index in [1.807, 2.05) is 18.3 Å². The number of benzene rings is 1. The second-order valence-corrected chi connectivity index (χ2v) is 6.14. The Morgan fingerprint density at radius 2 is 2.25 bits per heavy atom. The summed E-state index contributed by atoms with van der Waals surface area (Å²) < 4.78 is 0. The summed E-state index contributed by atoms with van der Waals surface area (Å²) in [6.07, 6.45) is 4.29. The summed E-state index contributed by atoms with van der Waals surface area (Å²) in [7, 11) is 0. The van der Waals surface area contributed by atoms with Gasteiger partial charge in [-0.1, -0.05) is 11.6 Å². The first-order valence-corrected chi connectivity index (χ1v) is 7.58. The van der Waals surface area contributed by atoms with Crippen molar-refractivity contribution in [3.05, 3.63) is 35.5 Å². The lowest BCUT2D eigenvalue weighted by molar-refractivity contribution is 0.365. The number of nitrogens with two attached hydrogens (primary N) is 1. The average molecular weight is 290 g/mol. The summed E-state index contributed by atoms with van der Waals surface area (Å²) in [5, 5.41) is 1.90. The van der Waals surface area contributed by atoms with Crippen molar-refractivity contribution >= 4 is 28.2 Å². The van der Waals surface area contributed by atoms with Gasteiger partial charge < -0.3 is 10.6 Å². The molecular weight excluding hydrogens is 270 g/mol. The molecule has 0 spiro atoms. The highest BCUT2D eigenvalue weighted by Gasteiger charge is 2.23. The summed E-state index contributed by atoms with van der Waals surface area (Å²) in [6, 6.07) is 8.27. The molecule has 2 unspecified atom stereocenters. The number of nitrogens with zero attached hydrogens (tertiary/aromatic N) is 2. The van der Waals surface area contributed by atoms with Crippen LogP contribution in [-0.2, 0) is 0 Å². The minimum Gasteiger partial charge on any atom is -0.371 e. The molecule has 2 heterocycles. The molecule has 2 atom stereocenters. The van der Waals surface area contributed by atoms with Gasteiger partial charge in [0, 0.05) is 41.4 Å². The number of anilines is 1. The van der Waals surface area contributed by atoms with Crippen LogP contribution in [0, 0.1) is 5.92 Å². The average Bonchev–Trinajstić information content (AvgIpc) is 2.46. The van der Waals surface area contributed by atoms with Crippen molar-refractivity contribution in [2.24, 2.45) is 11.7 Å². The number of pyridine rings is 1. The van der Waals surface area contributed by atoms with Gasteiger partial charge in [0.1, 0.15) is 0 Å². The van der Waals surface area contributed by atoms with Crippen molar-refractivity contribution in [1.29, 1.82) is 0 Å². The largest absolute Gasteiger partial charge is 0.371 e. The molecule has 3 nitrogen and oxygen atoms in total. The van der Waals surface area contributed by atoms with Crippen LogP contribution < -0.4 is 10.6 Å². The SMILES string of the molecule is CC(N)C1CCCN(c2ccnc3cc(Cl)ccc23)C1. The fourth-order valence-corrected chi connectivity index (χ4v) is 3.21. The number of hydrogen-bond donors (Lipinski definition) is 1. The van der Waals surface area contributed by atoms with Gasteiger partial charge in [-0.3, -0.25) is 4.98 Å². The molecule has 0 radical (unpaired) electrons. The van der Waals surface area contributed by atoms with Crippen LogP contribution in [0.4, 0.5) is 5.69 Å². The maximum atomic E-state index is 6.08. The molecule has 4 heteroatoms. The van der Waals surface area contributed by atoms with E-state index in [2.05, 4.69) is 28.9 Å². The van der Waals surface area contributed by atoms with E-state index < -0.39 is 0 Å². The Balaban J connectivity index is 1.97. The first kappa shape index (κ1) is 13.7. The zero-order chi connectivity index (χ0) is 14.1. The maximum absolute atomic E-state index is 6.08. The predicted octanol–water partition coefficient (Wildman–Crippen LogP) is 3.45. The van der Waals surface area contributed by atoms with E-state index in [1.165, 1.54) is 23.9 Å². The highest BCUT2D eigenvalue weighted by atomic mass is 35.5. The molecule has 1 fully saturated rings. The lowest BCUT2D eigenvalue weighted by Crippen LogP contribution is -2.42. The molecule has 1 aromatic carbocycles. The van der Waals surface area contributed by atoms with Gasteiger partial charge in [-0.15, -0.1) is 0 Å². The fraction of sp³-hybridized carbons (Fsp3) is 0.438. The normalized spacial score (nSPS) is 21.1. The molecule has 3 rings (SSSR count). The monoisotopic (exact) mass is 289 g/mol. The summed E-state index contributed by atoms with van der Waals surface area (Å²) in [5.41, 5.74) is 8.29. The van der Waals surface area contributed by atoms with Gasteiger partial charge in [0.25, 0.3) is 0 Å². The van der Waals surface area contributed by atoms with Crippen molar-refractivity contribution in [1.82, 2.24) is 4.98 Å². The highest BCUT2D eigenvalue weighted by molar-refractivity contribution is 6.31. The third-order valence-corrected chi connectivity index (χ3v) is 4.46. The Morgan fingerprint density at radius 3 is 3.05 bits per heavy atom. The molecule has 0 saturated carbocycles. The third kappa shape index (κ3) is 2.60. The van der Waals surface area contributed by atoms with Crippen LogP contribution in [0.15, 0.2) is 30.5 Å². The standard InChI is InChI=1S/C16H20ClN3/c1-11(18)12-3-2-8-20(10-12)16-6-7-19-15-9-13(17)4-5-14(15)16/h4-7,9,11-12H,2-3,8,10,18H2,1H3. The van der Waals surface area contributed by atoms with Gasteiger partial charge in [-0.25, -0.2) is 0 Å². The van der Waals surface area contributed by atoms with Crippen LogP contribution in [-0.4, -0.2) is 24.1 Å². The lowest BCUT2D eigenvalue weighted by Gasteiger charge is -2.36. The molecule has 2 aromatic rings. The minimum absolute atomic E-state index is 0.250. The van der Waals surface area contributed by atoms with E-state index in [9.17, 15) is 0 Å². The minimum atomic E-state index is 0.250. The van der Waals surface area contributed by atoms with E-state index in [4.69, 9.17) is 17.3 Å². The van der Waals surface area contributed by atoms with Crippen LogP contribution in [0.1, 0.15) is 19.8 Å². The Kier molecular flexibility index (Phi) is 3.81. The first-order valence-electron chi connectivity index (χ1n) is 7.20. The van der Waals surface area contributed by atoms with Crippen LogP contribution >= 0.6 is 11.6 Å². The van der Waals surface area contributed by atoms with Gasteiger partial charge in [0.15, 0.2) is 0 Å². The molecular formula is C16H20ClN3. The van der Waals surface area contributed by atoms with Crippen LogP contribution in [0.3, 0.4) is 0 Å². The summed E-state index contributed by atoms with van der Waals surface area (Å²) in [4.78, 5) is 6.86. The molecule has 20 heavy (non-hydrogen) atoms. The van der Waals surface area contributed by atoms with E-state index >= 15 is 0 Å². The number of piperidine rings is 1. The molecule has 1 saturated heterocycles. The van der Waals surface area contributed by atoms with Gasteiger partial charge in [-0.05, 0) is 49.9 Å². The molecule has 106 valence electrons. The van der Waals surface area contributed by atoms with Crippen molar-refractivity contribution in [3.63, 3.8) is 0 Å². The highest BCUT2D eigenvalue weighted by Crippen LogP contribution is 2.31. The van der Waals surface area contributed by atoms with E-state index in [0.717, 1.165) is 23.6 Å². The van der Waals surface area contributed by atoms with Crippen LogP contribution in [0.2, 0.25) is 5.02 Å². The Bertz CT molecular complexity index is 612. The number of fused-ring (bicyclic) bond motifs is 1. The van der Waals surface area contributed by atoms with Crippen molar-refractivity contribution in [3.8, 4) is 0 Å². The van der Waals surface area contributed by atoms with Gasteiger partial charge in [0.2, 0.25) is 0 Å². The number of rotatable bonds is 2. The van der Waals surface area contributed by atoms with Crippen molar-refractivity contribution in [2.45, 2.75) is 25.8 Å². The number of halogens is 1. The Hall–Kier alpha value is -1.32. The van der Waals surface area contributed by atoms with E-state index in [0.29, 0.717) is 5.92 Å². The van der Waals surface area contributed by atoms with E-state index in [-0.39, 0.29) is 6.04 Å².